The highest BCUT2D eigenvalue weighted by atomic mass is 127. The van der Waals surface area contributed by atoms with E-state index in [9.17, 15) is 14.7 Å². The Bertz CT molecular complexity index is 1560. The third kappa shape index (κ3) is 5.23. The van der Waals surface area contributed by atoms with Gasteiger partial charge in [-0.1, -0.05) is 17.4 Å². The highest BCUT2D eigenvalue weighted by molar-refractivity contribution is 14.1. The van der Waals surface area contributed by atoms with Crippen LogP contribution < -0.4 is 29.1 Å². The predicted molar refractivity (Wildman–Crippen MR) is 147 cm³/mol. The molecule has 0 saturated heterocycles. The molecule has 1 N–H and O–H groups in total. The van der Waals surface area contributed by atoms with Gasteiger partial charge in [0.05, 0.1) is 43.6 Å². The lowest BCUT2D eigenvalue weighted by atomic mass is 9.97. The summed E-state index contributed by atoms with van der Waals surface area (Å²) in [5, 5.41) is 10.6. The molecule has 0 amide bonds. The lowest BCUT2D eigenvalue weighted by molar-refractivity contribution is -0.136. The Labute approximate surface area is 230 Å². The fraction of sp³-hybridized carbons (Fsp3) is 0.269. The van der Waals surface area contributed by atoms with Crippen LogP contribution in [0.15, 0.2) is 51.9 Å². The number of fused-ring (bicyclic) bond motifs is 1. The van der Waals surface area contributed by atoms with E-state index in [1.807, 2.05) is 13.8 Å². The molecule has 0 radical (unpaired) electrons. The van der Waals surface area contributed by atoms with E-state index in [-0.39, 0.29) is 16.9 Å². The standard InChI is InChI=1S/C26H25IN2O7S/c1-5-35-18-8-7-14(10-19(18)36-6-2)22-17(25(32)34-4)13-28-26-29(22)24(31)21(37-26)11-15-9-16(27)12-20(33-3)23(15)30/h7-13,22,30H,5-6H2,1-4H3/b21-11+/t22-/m0/s1. The van der Waals surface area contributed by atoms with Crippen molar-refractivity contribution < 1.29 is 28.8 Å². The Kier molecular flexibility index (Phi) is 8.22. The summed E-state index contributed by atoms with van der Waals surface area (Å²) < 4.78 is 24.3. The van der Waals surface area contributed by atoms with Crippen molar-refractivity contribution >= 4 is 46.0 Å². The number of hydrogen-bond acceptors (Lipinski definition) is 9. The number of carbonyl (C=O) groups is 1. The molecule has 0 aliphatic carbocycles. The Morgan fingerprint density at radius 1 is 1.14 bits per heavy atom. The molecule has 194 valence electrons. The molecule has 1 atom stereocenters. The maximum Gasteiger partial charge on any atom is 0.337 e. The number of methoxy groups -OCH3 is 2. The largest absolute Gasteiger partial charge is 0.504 e. The number of nitrogens with zero attached hydrogens (tertiary/aromatic N) is 2. The number of carbonyl (C=O) groups excluding carboxylic acids is 1. The van der Waals surface area contributed by atoms with Gasteiger partial charge in [-0.15, -0.1) is 0 Å². The highest BCUT2D eigenvalue weighted by Gasteiger charge is 2.31. The monoisotopic (exact) mass is 636 g/mol. The summed E-state index contributed by atoms with van der Waals surface area (Å²) in [7, 11) is 2.74. The van der Waals surface area contributed by atoms with Crippen LogP contribution >= 0.6 is 33.9 Å². The summed E-state index contributed by atoms with van der Waals surface area (Å²) in [4.78, 5) is 31.2. The molecule has 11 heteroatoms. The maximum atomic E-state index is 13.7. The van der Waals surface area contributed by atoms with E-state index in [1.165, 1.54) is 25.0 Å². The number of ether oxygens (including phenoxy) is 4. The Balaban J connectivity index is 1.93. The zero-order valence-corrected chi connectivity index (χ0v) is 23.6. The predicted octanol–water partition coefficient (Wildman–Crippen LogP) is 3.13. The molecule has 37 heavy (non-hydrogen) atoms. The minimum absolute atomic E-state index is 0.0755. The van der Waals surface area contributed by atoms with Crippen LogP contribution in [0.2, 0.25) is 0 Å². The molecule has 0 unspecified atom stereocenters. The molecule has 1 aromatic heterocycles. The molecular formula is C26H25IN2O7S. The first-order valence-corrected chi connectivity index (χ1v) is 13.3. The number of phenolic OH excluding ortho intramolecular Hbond substituents is 1. The molecule has 4 rings (SSSR count). The van der Waals surface area contributed by atoms with E-state index in [0.717, 1.165) is 14.9 Å². The van der Waals surface area contributed by atoms with E-state index >= 15 is 0 Å². The number of benzene rings is 2. The first-order valence-electron chi connectivity index (χ1n) is 11.4. The third-order valence-corrected chi connectivity index (χ3v) is 7.20. The molecule has 0 spiro atoms. The third-order valence-electron chi connectivity index (χ3n) is 5.58. The van der Waals surface area contributed by atoms with Crippen molar-refractivity contribution in [3.8, 4) is 23.0 Å². The van der Waals surface area contributed by atoms with Crippen molar-refractivity contribution in [3.05, 3.63) is 76.5 Å². The fourth-order valence-electron chi connectivity index (χ4n) is 3.99. The van der Waals surface area contributed by atoms with Gasteiger partial charge in [-0.3, -0.25) is 9.36 Å². The molecular weight excluding hydrogens is 611 g/mol. The molecule has 9 nitrogen and oxygen atoms in total. The quantitative estimate of drug-likeness (QED) is 0.299. The summed E-state index contributed by atoms with van der Waals surface area (Å²) in [6, 6.07) is 7.93. The van der Waals surface area contributed by atoms with Crippen LogP contribution in [0, 0.1) is 3.57 Å². The van der Waals surface area contributed by atoms with Gasteiger partial charge >= 0.3 is 5.97 Å². The normalized spacial score (nSPS) is 14.9. The van der Waals surface area contributed by atoms with Crippen LogP contribution in [-0.2, 0) is 9.53 Å². The van der Waals surface area contributed by atoms with Crippen molar-refractivity contribution in [1.29, 1.82) is 0 Å². The summed E-state index contributed by atoms with van der Waals surface area (Å²) in [5.41, 5.74) is 0.890. The summed E-state index contributed by atoms with van der Waals surface area (Å²) in [6.07, 6.45) is 3.01. The average Bonchev–Trinajstić information content (AvgIpc) is 3.21. The van der Waals surface area contributed by atoms with Crippen LogP contribution in [0.3, 0.4) is 0 Å². The van der Waals surface area contributed by atoms with Crippen molar-refractivity contribution in [3.63, 3.8) is 0 Å². The van der Waals surface area contributed by atoms with Gasteiger partial charge in [0, 0.05) is 15.3 Å². The molecule has 2 aromatic carbocycles. The van der Waals surface area contributed by atoms with Gasteiger partial charge in [0.25, 0.3) is 5.56 Å². The van der Waals surface area contributed by atoms with Crippen LogP contribution in [0.5, 0.6) is 23.0 Å². The second kappa shape index (κ2) is 11.4. The number of aromatic nitrogens is 1. The molecule has 0 bridgehead atoms. The number of aromatic hydroxyl groups is 1. The average molecular weight is 636 g/mol. The first-order chi connectivity index (χ1) is 17.8. The van der Waals surface area contributed by atoms with Gasteiger partial charge in [-0.2, -0.15) is 0 Å². The van der Waals surface area contributed by atoms with Gasteiger partial charge < -0.3 is 24.1 Å². The molecule has 1 aliphatic heterocycles. The topological polar surface area (TPSA) is 109 Å². The van der Waals surface area contributed by atoms with Crippen molar-refractivity contribution in [2.75, 3.05) is 27.4 Å². The summed E-state index contributed by atoms with van der Waals surface area (Å²) in [6.45, 7) is 4.61. The SMILES string of the molecule is CCOc1ccc([C@H]2C(C(=O)OC)=CN=c3s/c(=C/c4cc(I)cc(OC)c4O)c(=O)n32)cc1OCC. The Morgan fingerprint density at radius 3 is 2.54 bits per heavy atom. The van der Waals surface area contributed by atoms with Crippen molar-refractivity contribution in [2.45, 2.75) is 19.9 Å². The van der Waals surface area contributed by atoms with Gasteiger partial charge in [0.15, 0.2) is 27.8 Å². The van der Waals surface area contributed by atoms with Crippen LogP contribution in [-0.4, -0.2) is 43.1 Å². The fourth-order valence-corrected chi connectivity index (χ4v) is 5.57. The highest BCUT2D eigenvalue weighted by Crippen LogP contribution is 2.35. The number of esters is 1. The van der Waals surface area contributed by atoms with E-state index in [2.05, 4.69) is 27.6 Å². The zero-order chi connectivity index (χ0) is 26.7. The first kappa shape index (κ1) is 26.7. The molecule has 2 heterocycles. The molecule has 1 aliphatic rings. The number of thiazole rings is 1. The second-order valence-electron chi connectivity index (χ2n) is 7.79. The van der Waals surface area contributed by atoms with Crippen molar-refractivity contribution in [2.24, 2.45) is 4.99 Å². The minimum Gasteiger partial charge on any atom is -0.504 e. The van der Waals surface area contributed by atoms with E-state index < -0.39 is 12.0 Å². The molecule has 3 aromatic rings. The van der Waals surface area contributed by atoms with E-state index in [1.54, 1.807) is 36.4 Å². The number of halogens is 1. The molecule has 0 saturated carbocycles. The van der Waals surface area contributed by atoms with Gasteiger partial charge in [-0.25, -0.2) is 9.79 Å². The lowest BCUT2D eigenvalue weighted by Gasteiger charge is -2.23. The van der Waals surface area contributed by atoms with Crippen LogP contribution in [0.25, 0.3) is 6.08 Å². The van der Waals surface area contributed by atoms with Gasteiger partial charge in [0.1, 0.15) is 0 Å². The zero-order valence-electron chi connectivity index (χ0n) is 20.6. The second-order valence-corrected chi connectivity index (χ2v) is 10.0. The summed E-state index contributed by atoms with van der Waals surface area (Å²) in [5.74, 6) is 0.686. The van der Waals surface area contributed by atoms with Crippen LogP contribution in [0.4, 0.5) is 0 Å². The minimum atomic E-state index is -0.806. The van der Waals surface area contributed by atoms with Gasteiger partial charge in [-0.05, 0) is 72.3 Å². The van der Waals surface area contributed by atoms with E-state index in [0.29, 0.717) is 50.9 Å². The number of hydrogen-bond donors (Lipinski definition) is 1. The Morgan fingerprint density at radius 2 is 1.86 bits per heavy atom. The van der Waals surface area contributed by atoms with E-state index in [4.69, 9.17) is 18.9 Å². The maximum absolute atomic E-state index is 13.7. The summed E-state index contributed by atoms with van der Waals surface area (Å²) >= 11 is 3.26. The molecule has 0 fully saturated rings. The number of rotatable bonds is 8. The van der Waals surface area contributed by atoms with Crippen LogP contribution in [0.1, 0.15) is 31.0 Å². The van der Waals surface area contributed by atoms with Crippen molar-refractivity contribution in [1.82, 2.24) is 4.57 Å². The lowest BCUT2D eigenvalue weighted by Crippen LogP contribution is -2.39. The number of phenols is 1. The smallest absolute Gasteiger partial charge is 0.337 e. The van der Waals surface area contributed by atoms with Gasteiger partial charge in [0.2, 0.25) is 0 Å². The Hall–Kier alpha value is -3.32.